The van der Waals surface area contributed by atoms with Crippen LogP contribution in [0.2, 0.25) is 0 Å². The monoisotopic (exact) mass is 361 g/mol. The van der Waals surface area contributed by atoms with Gasteiger partial charge in [0.25, 0.3) is 0 Å². The third-order valence-corrected chi connectivity index (χ3v) is 6.11. The number of hydrogen-bond acceptors (Lipinski definition) is 2. The SMILES string of the molecule is CCC1(C(O)(C#CCN(C)Cc2ccccc2)c2ccccc2)CCCC1. The highest BCUT2D eigenvalue weighted by Gasteiger charge is 2.50. The van der Waals surface area contributed by atoms with Crippen molar-refractivity contribution in [3.8, 4) is 11.8 Å². The molecule has 1 fully saturated rings. The van der Waals surface area contributed by atoms with Gasteiger partial charge in [-0.2, -0.15) is 0 Å². The average molecular weight is 362 g/mol. The lowest BCUT2D eigenvalue weighted by Gasteiger charge is -2.42. The van der Waals surface area contributed by atoms with Crippen molar-refractivity contribution in [1.29, 1.82) is 0 Å². The van der Waals surface area contributed by atoms with Gasteiger partial charge in [0.15, 0.2) is 5.60 Å². The lowest BCUT2D eigenvalue weighted by atomic mass is 9.65. The smallest absolute Gasteiger partial charge is 0.156 e. The second kappa shape index (κ2) is 8.74. The molecule has 1 unspecified atom stereocenters. The molecule has 0 aromatic heterocycles. The fourth-order valence-electron chi connectivity index (χ4n) is 4.47. The zero-order valence-corrected chi connectivity index (χ0v) is 16.6. The molecule has 1 aliphatic rings. The lowest BCUT2D eigenvalue weighted by Crippen LogP contribution is -2.43. The molecule has 27 heavy (non-hydrogen) atoms. The van der Waals surface area contributed by atoms with E-state index in [0.29, 0.717) is 6.54 Å². The van der Waals surface area contributed by atoms with Crippen LogP contribution in [0.4, 0.5) is 0 Å². The Morgan fingerprint density at radius 1 is 1.00 bits per heavy atom. The molecule has 3 rings (SSSR count). The van der Waals surface area contributed by atoms with Gasteiger partial charge in [0.1, 0.15) is 0 Å². The van der Waals surface area contributed by atoms with E-state index < -0.39 is 5.60 Å². The Balaban J connectivity index is 1.82. The van der Waals surface area contributed by atoms with Crippen LogP contribution in [0.25, 0.3) is 0 Å². The third kappa shape index (κ3) is 4.26. The van der Waals surface area contributed by atoms with Crippen molar-refractivity contribution in [2.45, 2.75) is 51.2 Å². The topological polar surface area (TPSA) is 23.5 Å². The van der Waals surface area contributed by atoms with Crippen molar-refractivity contribution in [3.05, 3.63) is 71.8 Å². The summed E-state index contributed by atoms with van der Waals surface area (Å²) in [4.78, 5) is 2.20. The highest BCUT2D eigenvalue weighted by atomic mass is 16.3. The van der Waals surface area contributed by atoms with Gasteiger partial charge in [-0.15, -0.1) is 0 Å². The maximum Gasteiger partial charge on any atom is 0.156 e. The molecule has 1 aliphatic carbocycles. The van der Waals surface area contributed by atoms with Gasteiger partial charge in [-0.1, -0.05) is 92.3 Å². The van der Waals surface area contributed by atoms with Gasteiger partial charge in [-0.25, -0.2) is 0 Å². The first-order valence-corrected chi connectivity index (χ1v) is 10.1. The highest BCUT2D eigenvalue weighted by Crippen LogP contribution is 2.53. The molecule has 0 spiro atoms. The van der Waals surface area contributed by atoms with Gasteiger partial charge in [0.05, 0.1) is 6.54 Å². The molecule has 0 bridgehead atoms. The van der Waals surface area contributed by atoms with E-state index in [-0.39, 0.29) is 5.41 Å². The van der Waals surface area contributed by atoms with Crippen molar-refractivity contribution in [1.82, 2.24) is 4.90 Å². The van der Waals surface area contributed by atoms with Crippen molar-refractivity contribution >= 4 is 0 Å². The second-order valence-electron chi connectivity index (χ2n) is 7.88. The van der Waals surface area contributed by atoms with Gasteiger partial charge in [-0.05, 0) is 37.4 Å². The van der Waals surface area contributed by atoms with Crippen molar-refractivity contribution in [3.63, 3.8) is 0 Å². The number of benzene rings is 2. The van der Waals surface area contributed by atoms with E-state index in [9.17, 15) is 5.11 Å². The van der Waals surface area contributed by atoms with E-state index in [4.69, 9.17) is 0 Å². The Labute approximate surface area is 164 Å². The Kier molecular flexibility index (Phi) is 6.37. The van der Waals surface area contributed by atoms with E-state index >= 15 is 0 Å². The number of rotatable bonds is 6. The normalized spacial score (nSPS) is 17.9. The van der Waals surface area contributed by atoms with E-state index in [1.807, 2.05) is 36.4 Å². The Morgan fingerprint density at radius 3 is 2.19 bits per heavy atom. The van der Waals surface area contributed by atoms with Gasteiger partial charge >= 0.3 is 0 Å². The van der Waals surface area contributed by atoms with Crippen LogP contribution in [0, 0.1) is 17.3 Å². The molecule has 2 heteroatoms. The molecule has 1 saturated carbocycles. The van der Waals surface area contributed by atoms with Crippen LogP contribution in [0.15, 0.2) is 60.7 Å². The van der Waals surface area contributed by atoms with Gasteiger partial charge in [0.2, 0.25) is 0 Å². The summed E-state index contributed by atoms with van der Waals surface area (Å²) in [5, 5.41) is 11.8. The molecule has 0 aliphatic heterocycles. The van der Waals surface area contributed by atoms with Crippen LogP contribution in [0.3, 0.4) is 0 Å². The maximum absolute atomic E-state index is 11.8. The summed E-state index contributed by atoms with van der Waals surface area (Å²) in [7, 11) is 2.08. The van der Waals surface area contributed by atoms with Gasteiger partial charge < -0.3 is 5.11 Å². The van der Waals surface area contributed by atoms with E-state index in [2.05, 4.69) is 55.0 Å². The van der Waals surface area contributed by atoms with Crippen LogP contribution in [-0.2, 0) is 12.1 Å². The first-order valence-electron chi connectivity index (χ1n) is 10.1. The van der Waals surface area contributed by atoms with Crippen molar-refractivity contribution < 1.29 is 5.11 Å². The molecule has 0 saturated heterocycles. The van der Waals surface area contributed by atoms with Gasteiger partial charge in [0, 0.05) is 12.0 Å². The number of hydrogen-bond donors (Lipinski definition) is 1. The molecule has 2 aromatic carbocycles. The molecule has 0 radical (unpaired) electrons. The minimum absolute atomic E-state index is 0.140. The predicted octanol–water partition coefficient (Wildman–Crippen LogP) is 4.98. The highest BCUT2D eigenvalue weighted by molar-refractivity contribution is 5.36. The Hall–Kier alpha value is -2.08. The summed E-state index contributed by atoms with van der Waals surface area (Å²) in [6.07, 6.45) is 5.40. The third-order valence-electron chi connectivity index (χ3n) is 6.11. The summed E-state index contributed by atoms with van der Waals surface area (Å²) in [5.41, 5.74) is 1.000. The van der Waals surface area contributed by atoms with Gasteiger partial charge in [-0.3, -0.25) is 4.90 Å². The average Bonchev–Trinajstić information content (AvgIpc) is 3.20. The molecular formula is C25H31NO. The summed E-state index contributed by atoms with van der Waals surface area (Å²) in [6, 6.07) is 20.5. The van der Waals surface area contributed by atoms with Crippen LogP contribution in [-0.4, -0.2) is 23.6 Å². The molecule has 0 heterocycles. The van der Waals surface area contributed by atoms with Crippen molar-refractivity contribution in [2.75, 3.05) is 13.6 Å². The largest absolute Gasteiger partial charge is 0.373 e. The predicted molar refractivity (Wildman–Crippen MR) is 112 cm³/mol. The molecular weight excluding hydrogens is 330 g/mol. The van der Waals surface area contributed by atoms with E-state index in [0.717, 1.165) is 31.4 Å². The number of aliphatic hydroxyl groups is 1. The Bertz CT molecular complexity index is 768. The maximum atomic E-state index is 11.8. The quantitative estimate of drug-likeness (QED) is 0.734. The minimum atomic E-state index is -1.08. The molecule has 1 atom stereocenters. The zero-order valence-electron chi connectivity index (χ0n) is 16.6. The molecule has 2 nitrogen and oxygen atoms in total. The molecule has 0 amide bonds. The first kappa shape index (κ1) is 19.7. The molecule has 2 aromatic rings. The summed E-state index contributed by atoms with van der Waals surface area (Å²) in [5.74, 6) is 6.63. The summed E-state index contributed by atoms with van der Waals surface area (Å²) < 4.78 is 0. The van der Waals surface area contributed by atoms with Crippen LogP contribution >= 0.6 is 0 Å². The van der Waals surface area contributed by atoms with E-state index in [1.165, 1.54) is 18.4 Å². The van der Waals surface area contributed by atoms with Crippen molar-refractivity contribution in [2.24, 2.45) is 5.41 Å². The van der Waals surface area contributed by atoms with Crippen LogP contribution in [0.5, 0.6) is 0 Å². The fraction of sp³-hybridized carbons (Fsp3) is 0.440. The van der Waals surface area contributed by atoms with Crippen LogP contribution < -0.4 is 0 Å². The van der Waals surface area contributed by atoms with E-state index in [1.54, 1.807) is 0 Å². The second-order valence-corrected chi connectivity index (χ2v) is 7.88. The number of nitrogens with zero attached hydrogens (tertiary/aromatic N) is 1. The zero-order chi connectivity index (χ0) is 19.2. The lowest BCUT2D eigenvalue weighted by molar-refractivity contribution is -0.0422. The summed E-state index contributed by atoms with van der Waals surface area (Å²) >= 11 is 0. The fourth-order valence-corrected chi connectivity index (χ4v) is 4.47. The minimum Gasteiger partial charge on any atom is -0.373 e. The first-order chi connectivity index (χ1) is 13.1. The standard InChI is InChI=1S/C25H31NO/c1-3-24(17-10-11-18-24)25(27,23-15-8-5-9-16-23)19-12-20-26(2)21-22-13-6-4-7-14-22/h4-9,13-16,27H,3,10-11,17-18,20-21H2,1-2H3. The molecule has 1 N–H and O–H groups in total. The van der Waals surface area contributed by atoms with Crippen LogP contribution in [0.1, 0.15) is 50.2 Å². The Morgan fingerprint density at radius 2 is 1.59 bits per heavy atom. The summed E-state index contributed by atoms with van der Waals surface area (Å²) in [6.45, 7) is 3.70. The molecule has 142 valence electrons.